The number of hydrogen-bond acceptors (Lipinski definition) is 2. The van der Waals surface area contributed by atoms with E-state index in [1.54, 1.807) is 18.2 Å². The maximum atomic E-state index is 12.0. The van der Waals surface area contributed by atoms with Crippen molar-refractivity contribution in [2.45, 2.75) is 38.6 Å². The van der Waals surface area contributed by atoms with Crippen molar-refractivity contribution in [3.63, 3.8) is 0 Å². The number of hydrogen-bond donors (Lipinski definition) is 2. The number of carbonyl (C=O) groups is 1. The Balaban J connectivity index is 2.69. The zero-order chi connectivity index (χ0) is 14.5. The Kier molecular flexibility index (Phi) is 6.11. The molecule has 0 heterocycles. The molecule has 5 heteroatoms. The van der Waals surface area contributed by atoms with Gasteiger partial charge in [-0.15, -0.1) is 0 Å². The van der Waals surface area contributed by atoms with Crippen molar-refractivity contribution in [2.24, 2.45) is 0 Å². The molecule has 1 aromatic rings. The van der Waals surface area contributed by atoms with Crippen LogP contribution in [0.5, 0.6) is 0 Å². The Morgan fingerprint density at radius 3 is 2.63 bits per heavy atom. The number of aliphatic hydroxyl groups is 1. The second kappa shape index (κ2) is 7.13. The van der Waals surface area contributed by atoms with Crippen LogP contribution in [-0.4, -0.2) is 23.2 Å². The number of aliphatic hydroxyl groups excluding tert-OH is 1. The predicted molar refractivity (Wildman–Crippen MR) is 78.7 cm³/mol. The molecule has 0 radical (unpaired) electrons. The molecule has 0 saturated heterocycles. The molecular formula is C14H19Cl2NO2. The molecule has 1 atom stereocenters. The minimum atomic E-state index is -0.384. The van der Waals surface area contributed by atoms with Gasteiger partial charge in [-0.3, -0.25) is 4.79 Å². The van der Waals surface area contributed by atoms with Crippen LogP contribution in [0.15, 0.2) is 18.2 Å². The summed E-state index contributed by atoms with van der Waals surface area (Å²) in [6.07, 6.45) is 1.49. The molecular weight excluding hydrogens is 285 g/mol. The average Bonchev–Trinajstić information content (AvgIpc) is 2.33. The molecule has 1 rings (SSSR count). The maximum absolute atomic E-state index is 12.0. The fourth-order valence-corrected chi connectivity index (χ4v) is 2.27. The van der Waals surface area contributed by atoms with Crippen LogP contribution >= 0.6 is 23.2 Å². The first-order valence-electron chi connectivity index (χ1n) is 6.26. The van der Waals surface area contributed by atoms with E-state index in [-0.39, 0.29) is 24.5 Å². The molecule has 0 saturated carbocycles. The smallest absolute Gasteiger partial charge is 0.224 e. The molecule has 1 unspecified atom stereocenters. The zero-order valence-electron chi connectivity index (χ0n) is 11.2. The van der Waals surface area contributed by atoms with Gasteiger partial charge in [-0.1, -0.05) is 36.2 Å². The van der Waals surface area contributed by atoms with E-state index in [1.807, 2.05) is 13.8 Å². The number of amides is 1. The Morgan fingerprint density at radius 2 is 2.11 bits per heavy atom. The fraction of sp³-hybridized carbons (Fsp3) is 0.500. The Hall–Kier alpha value is -0.770. The minimum Gasteiger partial charge on any atom is -0.396 e. The summed E-state index contributed by atoms with van der Waals surface area (Å²) in [4.78, 5) is 12.0. The summed E-state index contributed by atoms with van der Waals surface area (Å²) >= 11 is 11.8. The molecule has 0 bridgehead atoms. The minimum absolute atomic E-state index is 0.0479. The molecule has 19 heavy (non-hydrogen) atoms. The third-order valence-corrected chi connectivity index (χ3v) is 3.84. The molecule has 1 amide bonds. The van der Waals surface area contributed by atoms with E-state index in [0.717, 1.165) is 12.0 Å². The normalized spacial score (nSPS) is 13.9. The van der Waals surface area contributed by atoms with Gasteiger partial charge in [-0.05, 0) is 37.5 Å². The van der Waals surface area contributed by atoms with Crippen LogP contribution in [0.4, 0.5) is 0 Å². The van der Waals surface area contributed by atoms with Crippen molar-refractivity contribution in [3.05, 3.63) is 33.8 Å². The Bertz CT molecular complexity index is 451. The van der Waals surface area contributed by atoms with Gasteiger partial charge >= 0.3 is 0 Å². The molecule has 0 spiro atoms. The summed E-state index contributed by atoms with van der Waals surface area (Å²) in [7, 11) is 0. The second-order valence-corrected chi connectivity index (χ2v) is 5.69. The molecule has 3 nitrogen and oxygen atoms in total. The van der Waals surface area contributed by atoms with Crippen LogP contribution in [0, 0.1) is 0 Å². The summed E-state index contributed by atoms with van der Waals surface area (Å²) < 4.78 is 0. The largest absolute Gasteiger partial charge is 0.396 e. The van der Waals surface area contributed by atoms with E-state index in [4.69, 9.17) is 28.3 Å². The molecule has 0 aromatic heterocycles. The summed E-state index contributed by atoms with van der Waals surface area (Å²) in [6.45, 7) is 3.95. The number of carbonyl (C=O) groups excluding carboxylic acids is 1. The quantitative estimate of drug-likeness (QED) is 0.848. The van der Waals surface area contributed by atoms with Crippen LogP contribution in [0.2, 0.25) is 10.0 Å². The summed E-state index contributed by atoms with van der Waals surface area (Å²) in [5.41, 5.74) is 0.357. The Morgan fingerprint density at radius 1 is 1.42 bits per heavy atom. The third-order valence-electron chi connectivity index (χ3n) is 3.25. The van der Waals surface area contributed by atoms with Gasteiger partial charge in [0, 0.05) is 22.2 Å². The average molecular weight is 304 g/mol. The lowest BCUT2D eigenvalue weighted by Crippen LogP contribution is -2.46. The van der Waals surface area contributed by atoms with E-state index < -0.39 is 0 Å². The first-order chi connectivity index (χ1) is 8.90. The first kappa shape index (κ1) is 16.3. The SMILES string of the molecule is CCC(C)(CCO)NC(=O)Cc1ccc(Cl)cc1Cl. The van der Waals surface area contributed by atoms with Crippen molar-refractivity contribution in [1.29, 1.82) is 0 Å². The van der Waals surface area contributed by atoms with Gasteiger partial charge in [0.15, 0.2) is 0 Å². The molecule has 0 aliphatic carbocycles. The predicted octanol–water partition coefficient (Wildman–Crippen LogP) is 3.20. The molecule has 0 fully saturated rings. The van der Waals surface area contributed by atoms with E-state index >= 15 is 0 Å². The second-order valence-electron chi connectivity index (χ2n) is 4.85. The van der Waals surface area contributed by atoms with Crippen LogP contribution in [0.3, 0.4) is 0 Å². The highest BCUT2D eigenvalue weighted by Gasteiger charge is 2.23. The highest BCUT2D eigenvalue weighted by molar-refractivity contribution is 6.35. The van der Waals surface area contributed by atoms with Crippen molar-refractivity contribution < 1.29 is 9.90 Å². The number of benzene rings is 1. The highest BCUT2D eigenvalue weighted by atomic mass is 35.5. The van der Waals surface area contributed by atoms with Crippen molar-refractivity contribution in [1.82, 2.24) is 5.32 Å². The van der Waals surface area contributed by atoms with Crippen LogP contribution in [0.25, 0.3) is 0 Å². The van der Waals surface area contributed by atoms with Crippen molar-refractivity contribution in [3.8, 4) is 0 Å². The van der Waals surface area contributed by atoms with Crippen LogP contribution in [-0.2, 0) is 11.2 Å². The molecule has 0 aliphatic heterocycles. The number of rotatable bonds is 6. The monoisotopic (exact) mass is 303 g/mol. The molecule has 2 N–H and O–H groups in total. The highest BCUT2D eigenvalue weighted by Crippen LogP contribution is 2.22. The standard InChI is InChI=1S/C14H19Cl2NO2/c1-3-14(2,6-7-18)17-13(19)8-10-4-5-11(15)9-12(10)16/h4-5,9,18H,3,6-8H2,1-2H3,(H,17,19). The molecule has 1 aromatic carbocycles. The van der Waals surface area contributed by atoms with Crippen LogP contribution in [0.1, 0.15) is 32.3 Å². The van der Waals surface area contributed by atoms with E-state index in [9.17, 15) is 4.79 Å². The topological polar surface area (TPSA) is 49.3 Å². The van der Waals surface area contributed by atoms with Crippen LogP contribution < -0.4 is 5.32 Å². The van der Waals surface area contributed by atoms with Crippen molar-refractivity contribution >= 4 is 29.1 Å². The van der Waals surface area contributed by atoms with E-state index in [0.29, 0.717) is 16.5 Å². The Labute approximate surface area is 123 Å². The van der Waals surface area contributed by atoms with Gasteiger partial charge in [-0.25, -0.2) is 0 Å². The third kappa shape index (κ3) is 5.01. The molecule has 0 aliphatic rings. The van der Waals surface area contributed by atoms with Gasteiger partial charge < -0.3 is 10.4 Å². The molecule has 106 valence electrons. The fourth-order valence-electron chi connectivity index (χ4n) is 1.79. The van der Waals surface area contributed by atoms with Gasteiger partial charge in [0.05, 0.1) is 6.42 Å². The van der Waals surface area contributed by atoms with Gasteiger partial charge in [0.2, 0.25) is 5.91 Å². The van der Waals surface area contributed by atoms with Gasteiger partial charge in [-0.2, -0.15) is 0 Å². The van der Waals surface area contributed by atoms with E-state index in [1.165, 1.54) is 0 Å². The lowest BCUT2D eigenvalue weighted by atomic mass is 9.94. The maximum Gasteiger partial charge on any atom is 0.224 e. The zero-order valence-corrected chi connectivity index (χ0v) is 12.7. The van der Waals surface area contributed by atoms with Crippen molar-refractivity contribution in [2.75, 3.05) is 6.61 Å². The van der Waals surface area contributed by atoms with Gasteiger partial charge in [0.25, 0.3) is 0 Å². The van der Waals surface area contributed by atoms with Gasteiger partial charge in [0.1, 0.15) is 0 Å². The van der Waals surface area contributed by atoms with E-state index in [2.05, 4.69) is 5.32 Å². The number of nitrogens with one attached hydrogen (secondary N) is 1. The first-order valence-corrected chi connectivity index (χ1v) is 7.01. The summed E-state index contributed by atoms with van der Waals surface area (Å²) in [5, 5.41) is 13.0. The summed E-state index contributed by atoms with van der Waals surface area (Å²) in [6, 6.07) is 5.08. The lowest BCUT2D eigenvalue weighted by Gasteiger charge is -2.29. The summed E-state index contributed by atoms with van der Waals surface area (Å²) in [5.74, 6) is -0.109. The number of halogens is 2. The lowest BCUT2D eigenvalue weighted by molar-refractivity contribution is -0.122.